The number of fused-ring (bicyclic) bond motifs is 2. The second-order valence-electron chi connectivity index (χ2n) is 5.98. The van der Waals surface area contributed by atoms with Gasteiger partial charge in [-0.2, -0.15) is 0 Å². The SMILES string of the molecule is CCN1CC(C)OC2Cc3c(SC)ccc(OC)c3CC21. The minimum Gasteiger partial charge on any atom is -0.496 e. The van der Waals surface area contributed by atoms with Crippen LogP contribution in [-0.2, 0) is 17.6 Å². The molecular weight excluding hydrogens is 282 g/mol. The summed E-state index contributed by atoms with van der Waals surface area (Å²) in [6.07, 6.45) is 4.85. The number of likely N-dealkylation sites (N-methyl/N-ethyl adjacent to an activating group) is 1. The van der Waals surface area contributed by atoms with Crippen LogP contribution >= 0.6 is 11.8 Å². The van der Waals surface area contributed by atoms with Crippen molar-refractivity contribution in [1.29, 1.82) is 0 Å². The van der Waals surface area contributed by atoms with Crippen LogP contribution in [0.3, 0.4) is 0 Å². The van der Waals surface area contributed by atoms with Gasteiger partial charge in [0.2, 0.25) is 0 Å². The molecule has 2 aliphatic rings. The summed E-state index contributed by atoms with van der Waals surface area (Å²) in [6.45, 7) is 6.57. The van der Waals surface area contributed by atoms with Gasteiger partial charge in [0.15, 0.2) is 0 Å². The van der Waals surface area contributed by atoms with Crippen LogP contribution in [0.2, 0.25) is 0 Å². The fraction of sp³-hybridized carbons (Fsp3) is 0.647. The van der Waals surface area contributed by atoms with Crippen molar-refractivity contribution < 1.29 is 9.47 Å². The molecule has 3 rings (SSSR count). The molecule has 1 aromatic rings. The molecule has 116 valence electrons. The lowest BCUT2D eigenvalue weighted by Gasteiger charge is -2.46. The average Bonchev–Trinajstić information content (AvgIpc) is 2.51. The van der Waals surface area contributed by atoms with E-state index >= 15 is 0 Å². The van der Waals surface area contributed by atoms with E-state index in [2.05, 4.69) is 37.1 Å². The molecule has 1 aliphatic heterocycles. The summed E-state index contributed by atoms with van der Waals surface area (Å²) in [5, 5.41) is 0. The largest absolute Gasteiger partial charge is 0.496 e. The summed E-state index contributed by atoms with van der Waals surface area (Å²) in [4.78, 5) is 3.95. The van der Waals surface area contributed by atoms with Crippen molar-refractivity contribution in [3.63, 3.8) is 0 Å². The first-order valence-corrected chi connectivity index (χ1v) is 9.02. The molecule has 0 amide bonds. The molecule has 0 radical (unpaired) electrons. The van der Waals surface area contributed by atoms with Crippen molar-refractivity contribution >= 4 is 11.8 Å². The summed E-state index contributed by atoms with van der Waals surface area (Å²) in [5.74, 6) is 1.04. The zero-order valence-electron chi connectivity index (χ0n) is 13.4. The van der Waals surface area contributed by atoms with Crippen molar-refractivity contribution in [3.05, 3.63) is 23.3 Å². The van der Waals surface area contributed by atoms with Crippen molar-refractivity contribution in [1.82, 2.24) is 4.90 Å². The maximum Gasteiger partial charge on any atom is 0.122 e. The molecule has 0 saturated carbocycles. The standard InChI is InChI=1S/C17H25NO2S/c1-5-18-10-11(2)20-16-9-13-12(8-14(16)18)15(19-3)6-7-17(13)21-4/h6-7,11,14,16H,5,8-10H2,1-4H3. The van der Waals surface area contributed by atoms with E-state index in [1.165, 1.54) is 16.0 Å². The number of rotatable bonds is 3. The highest BCUT2D eigenvalue weighted by Crippen LogP contribution is 2.39. The zero-order valence-corrected chi connectivity index (χ0v) is 14.2. The van der Waals surface area contributed by atoms with Gasteiger partial charge in [0.05, 0.1) is 19.3 Å². The van der Waals surface area contributed by atoms with E-state index in [1.807, 2.05) is 11.8 Å². The number of methoxy groups -OCH3 is 1. The van der Waals surface area contributed by atoms with Crippen LogP contribution in [0.1, 0.15) is 25.0 Å². The topological polar surface area (TPSA) is 21.7 Å². The molecule has 3 atom stereocenters. The molecule has 3 nitrogen and oxygen atoms in total. The summed E-state index contributed by atoms with van der Waals surface area (Å²) in [5.41, 5.74) is 2.83. The van der Waals surface area contributed by atoms with Crippen molar-refractivity contribution in [2.75, 3.05) is 26.5 Å². The molecule has 0 aromatic heterocycles. The summed E-state index contributed by atoms with van der Waals surface area (Å²) >= 11 is 1.82. The Hall–Kier alpha value is -0.710. The smallest absolute Gasteiger partial charge is 0.122 e. The first-order chi connectivity index (χ1) is 10.2. The van der Waals surface area contributed by atoms with Crippen molar-refractivity contribution in [2.24, 2.45) is 0 Å². The summed E-state index contributed by atoms with van der Waals surface area (Å²) in [7, 11) is 1.78. The van der Waals surface area contributed by atoms with Crippen LogP contribution in [-0.4, -0.2) is 49.6 Å². The maximum absolute atomic E-state index is 6.26. The van der Waals surface area contributed by atoms with E-state index in [-0.39, 0.29) is 0 Å². The van der Waals surface area contributed by atoms with Crippen LogP contribution in [0, 0.1) is 0 Å². The normalized spacial score (nSPS) is 28.9. The quantitative estimate of drug-likeness (QED) is 0.800. The van der Waals surface area contributed by atoms with Crippen LogP contribution in [0.15, 0.2) is 17.0 Å². The predicted octanol–water partition coefficient (Wildman–Crippen LogP) is 2.99. The molecule has 3 unspecified atom stereocenters. The van der Waals surface area contributed by atoms with E-state index in [0.29, 0.717) is 18.2 Å². The van der Waals surface area contributed by atoms with Gasteiger partial charge in [-0.1, -0.05) is 6.92 Å². The van der Waals surface area contributed by atoms with Crippen molar-refractivity contribution in [3.8, 4) is 5.75 Å². The number of hydrogen-bond donors (Lipinski definition) is 0. The Bertz CT molecular complexity index is 520. The lowest BCUT2D eigenvalue weighted by atomic mass is 9.83. The first kappa shape index (κ1) is 15.2. The maximum atomic E-state index is 6.26. The Morgan fingerprint density at radius 1 is 1.33 bits per heavy atom. The molecule has 21 heavy (non-hydrogen) atoms. The van der Waals surface area contributed by atoms with Gasteiger partial charge in [-0.3, -0.25) is 4.90 Å². The Labute approximate surface area is 132 Å². The fourth-order valence-corrected chi connectivity index (χ4v) is 4.49. The molecular formula is C17H25NO2S. The van der Waals surface area contributed by atoms with Gasteiger partial charge in [-0.15, -0.1) is 11.8 Å². The number of nitrogens with zero attached hydrogens (tertiary/aromatic N) is 1. The van der Waals surface area contributed by atoms with Crippen LogP contribution in [0.25, 0.3) is 0 Å². The second kappa shape index (κ2) is 6.19. The zero-order chi connectivity index (χ0) is 15.0. The Morgan fingerprint density at radius 3 is 2.81 bits per heavy atom. The Balaban J connectivity index is 2.00. The highest BCUT2D eigenvalue weighted by atomic mass is 32.2. The highest BCUT2D eigenvalue weighted by Gasteiger charge is 2.39. The molecule has 1 saturated heterocycles. The fourth-order valence-electron chi connectivity index (χ4n) is 3.83. The molecule has 0 N–H and O–H groups in total. The number of thioether (sulfide) groups is 1. The monoisotopic (exact) mass is 307 g/mol. The highest BCUT2D eigenvalue weighted by molar-refractivity contribution is 7.98. The number of morpholine rings is 1. The van der Waals surface area contributed by atoms with Gasteiger partial charge in [0, 0.05) is 29.5 Å². The lowest BCUT2D eigenvalue weighted by molar-refractivity contribution is -0.114. The molecule has 1 fully saturated rings. The molecule has 4 heteroatoms. The first-order valence-electron chi connectivity index (χ1n) is 7.80. The third-order valence-electron chi connectivity index (χ3n) is 4.81. The lowest BCUT2D eigenvalue weighted by Crippen LogP contribution is -2.57. The van der Waals surface area contributed by atoms with Crippen LogP contribution < -0.4 is 4.74 Å². The summed E-state index contributed by atoms with van der Waals surface area (Å²) < 4.78 is 11.9. The Morgan fingerprint density at radius 2 is 2.14 bits per heavy atom. The molecule has 1 aromatic carbocycles. The average molecular weight is 307 g/mol. The molecule has 0 spiro atoms. The van der Waals surface area contributed by atoms with Crippen molar-refractivity contribution in [2.45, 2.75) is 49.8 Å². The van der Waals surface area contributed by atoms with E-state index in [9.17, 15) is 0 Å². The predicted molar refractivity (Wildman–Crippen MR) is 87.6 cm³/mol. The van der Waals surface area contributed by atoms with E-state index < -0.39 is 0 Å². The van der Waals surface area contributed by atoms with E-state index in [4.69, 9.17) is 9.47 Å². The van der Waals surface area contributed by atoms with Crippen LogP contribution in [0.5, 0.6) is 5.75 Å². The molecule has 1 aliphatic carbocycles. The second-order valence-corrected chi connectivity index (χ2v) is 6.82. The van der Waals surface area contributed by atoms with E-state index in [0.717, 1.165) is 31.7 Å². The number of benzene rings is 1. The van der Waals surface area contributed by atoms with E-state index in [1.54, 1.807) is 7.11 Å². The number of hydrogen-bond acceptors (Lipinski definition) is 4. The van der Waals surface area contributed by atoms with Gasteiger partial charge in [-0.05, 0) is 43.8 Å². The third kappa shape index (κ3) is 2.69. The molecule has 0 bridgehead atoms. The van der Waals surface area contributed by atoms with Gasteiger partial charge < -0.3 is 9.47 Å². The Kier molecular flexibility index (Phi) is 4.48. The van der Waals surface area contributed by atoms with Gasteiger partial charge in [-0.25, -0.2) is 0 Å². The van der Waals surface area contributed by atoms with Gasteiger partial charge in [0.25, 0.3) is 0 Å². The molecule has 1 heterocycles. The number of ether oxygens (including phenoxy) is 2. The van der Waals surface area contributed by atoms with Crippen LogP contribution in [0.4, 0.5) is 0 Å². The third-order valence-corrected chi connectivity index (χ3v) is 5.63. The minimum atomic E-state index is 0.319. The minimum absolute atomic E-state index is 0.319. The van der Waals surface area contributed by atoms with Gasteiger partial charge in [0.1, 0.15) is 5.75 Å². The van der Waals surface area contributed by atoms with Gasteiger partial charge >= 0.3 is 0 Å². The summed E-state index contributed by atoms with van der Waals surface area (Å²) in [6, 6.07) is 4.80.